The van der Waals surface area contributed by atoms with Crippen LogP contribution in [0.2, 0.25) is 0 Å². The van der Waals surface area contributed by atoms with Crippen molar-refractivity contribution in [1.82, 2.24) is 14.7 Å². The van der Waals surface area contributed by atoms with Crippen LogP contribution in [-0.4, -0.2) is 79.3 Å². The van der Waals surface area contributed by atoms with E-state index in [4.69, 9.17) is 4.74 Å². The number of amides is 3. The number of hydrogen-bond donors (Lipinski definition) is 0. The monoisotopic (exact) mass is 487 g/mol. The molecule has 3 amide bonds. The molecule has 0 atom stereocenters. The van der Waals surface area contributed by atoms with E-state index in [9.17, 15) is 26.8 Å². The summed E-state index contributed by atoms with van der Waals surface area (Å²) >= 11 is 0. The summed E-state index contributed by atoms with van der Waals surface area (Å²) in [6.07, 6.45) is 2.31. The van der Waals surface area contributed by atoms with E-state index in [2.05, 4.69) is 0 Å². The highest BCUT2D eigenvalue weighted by Gasteiger charge is 2.35. The van der Waals surface area contributed by atoms with Gasteiger partial charge in [-0.1, -0.05) is 0 Å². The predicted molar refractivity (Wildman–Crippen MR) is 117 cm³/mol. The van der Waals surface area contributed by atoms with Gasteiger partial charge in [0.15, 0.2) is 9.84 Å². The van der Waals surface area contributed by atoms with Crippen LogP contribution in [0.5, 0.6) is 0 Å². The molecule has 0 aromatic heterocycles. The fourth-order valence-corrected chi connectivity index (χ4v) is 4.75. The largest absolute Gasteiger partial charge is 0.444 e. The number of piperidine rings is 1. The Bertz CT molecular complexity index is 994. The van der Waals surface area contributed by atoms with Gasteiger partial charge in [0.1, 0.15) is 17.2 Å². The lowest BCUT2D eigenvalue weighted by Crippen LogP contribution is -2.56. The van der Waals surface area contributed by atoms with Crippen LogP contribution < -0.4 is 0 Å². The fourth-order valence-electron chi connectivity index (χ4n) is 4.11. The van der Waals surface area contributed by atoms with Gasteiger partial charge in [0, 0.05) is 44.0 Å². The third-order valence-electron chi connectivity index (χ3n) is 5.79. The molecule has 0 saturated carbocycles. The number of halogens is 2. The molecular weight excluding hydrogens is 456 g/mol. The Morgan fingerprint density at radius 1 is 1.09 bits per heavy atom. The Morgan fingerprint density at radius 3 is 2.18 bits per heavy atom. The van der Waals surface area contributed by atoms with Crippen LogP contribution in [0.1, 0.15) is 45.6 Å². The highest BCUT2D eigenvalue weighted by atomic mass is 32.2. The van der Waals surface area contributed by atoms with E-state index in [1.54, 1.807) is 30.6 Å². The molecule has 1 aromatic rings. The Labute approximate surface area is 193 Å². The summed E-state index contributed by atoms with van der Waals surface area (Å²) in [6, 6.07) is 1.17. The molecular formula is C22H31F2N3O5S. The van der Waals surface area contributed by atoms with Crippen molar-refractivity contribution in [3.63, 3.8) is 0 Å². The van der Waals surface area contributed by atoms with Crippen LogP contribution in [0.25, 0.3) is 0 Å². The number of rotatable bonds is 4. The number of ether oxygens (including phenoxy) is 1. The van der Waals surface area contributed by atoms with Crippen molar-refractivity contribution in [2.24, 2.45) is 0 Å². The van der Waals surface area contributed by atoms with Gasteiger partial charge in [0.25, 0.3) is 0 Å². The summed E-state index contributed by atoms with van der Waals surface area (Å²) in [7, 11) is -3.76. The van der Waals surface area contributed by atoms with E-state index < -0.39 is 32.0 Å². The number of carbonyl (C=O) groups excluding carboxylic acids is 2. The molecule has 3 rings (SSSR count). The second-order valence-corrected chi connectivity index (χ2v) is 11.6. The van der Waals surface area contributed by atoms with Crippen LogP contribution in [0.15, 0.2) is 17.0 Å². The first kappa shape index (κ1) is 25.2. The van der Waals surface area contributed by atoms with Gasteiger partial charge in [0.2, 0.25) is 0 Å². The maximum Gasteiger partial charge on any atom is 0.410 e. The van der Waals surface area contributed by atoms with E-state index in [0.717, 1.165) is 18.4 Å². The molecule has 2 saturated heterocycles. The molecule has 2 aliphatic heterocycles. The highest BCUT2D eigenvalue weighted by Crippen LogP contribution is 2.26. The summed E-state index contributed by atoms with van der Waals surface area (Å²) < 4.78 is 57.6. The van der Waals surface area contributed by atoms with Crippen molar-refractivity contribution in [2.45, 2.75) is 63.1 Å². The Morgan fingerprint density at radius 2 is 1.67 bits per heavy atom. The lowest BCUT2D eigenvalue weighted by Gasteiger charge is -2.43. The van der Waals surface area contributed by atoms with Crippen LogP contribution >= 0.6 is 0 Å². The van der Waals surface area contributed by atoms with E-state index in [1.807, 2.05) is 0 Å². The summed E-state index contributed by atoms with van der Waals surface area (Å²) in [5.74, 6) is -1.99. The van der Waals surface area contributed by atoms with Gasteiger partial charge in [-0.3, -0.25) is 0 Å². The first-order chi connectivity index (χ1) is 15.3. The van der Waals surface area contributed by atoms with Crippen molar-refractivity contribution in [3.8, 4) is 0 Å². The molecule has 0 spiro atoms. The highest BCUT2D eigenvalue weighted by molar-refractivity contribution is 7.90. The van der Waals surface area contributed by atoms with Gasteiger partial charge in [-0.15, -0.1) is 0 Å². The lowest BCUT2D eigenvalue weighted by atomic mass is 10.0. The van der Waals surface area contributed by atoms with Crippen molar-refractivity contribution >= 4 is 22.0 Å². The van der Waals surface area contributed by atoms with Gasteiger partial charge >= 0.3 is 12.1 Å². The molecule has 0 bridgehead atoms. The summed E-state index contributed by atoms with van der Waals surface area (Å²) in [5.41, 5.74) is -0.918. The van der Waals surface area contributed by atoms with E-state index >= 15 is 0 Å². The van der Waals surface area contributed by atoms with Crippen molar-refractivity contribution < 1.29 is 31.5 Å². The van der Waals surface area contributed by atoms with Crippen molar-refractivity contribution in [1.29, 1.82) is 0 Å². The zero-order valence-electron chi connectivity index (χ0n) is 19.4. The standard InChI is InChI=1S/C22H31F2N3O5S/c1-22(2,3)32-21(29)25-10-6-15(7-11-25)27-9-5-8-26(20(27)28)14-17-18(23)12-16(13-19(17)24)33(4,30)31/h12-13,15H,5-11,14H2,1-4H3. The van der Waals surface area contributed by atoms with Gasteiger partial charge in [-0.05, 0) is 52.2 Å². The third kappa shape index (κ3) is 6.13. The SMILES string of the molecule is CC(C)(C)OC(=O)N1CCC(N2CCCN(Cc3c(F)cc(S(C)(=O)=O)cc3F)C2=O)CC1. The minimum atomic E-state index is -3.76. The number of sulfone groups is 1. The smallest absolute Gasteiger partial charge is 0.410 e. The first-order valence-electron chi connectivity index (χ1n) is 11.0. The summed E-state index contributed by atoms with van der Waals surface area (Å²) in [4.78, 5) is 29.6. The molecule has 1 aromatic carbocycles. The normalized spacial score (nSPS) is 18.6. The Kier molecular flexibility index (Phi) is 7.21. The molecule has 11 heteroatoms. The number of nitrogens with zero attached hydrogens (tertiary/aromatic N) is 3. The molecule has 0 aliphatic carbocycles. The Hall–Kier alpha value is -2.43. The van der Waals surface area contributed by atoms with Gasteiger partial charge in [0.05, 0.1) is 11.4 Å². The van der Waals surface area contributed by atoms with Crippen LogP contribution in [0.3, 0.4) is 0 Å². The van der Waals surface area contributed by atoms with Crippen molar-refractivity contribution in [3.05, 3.63) is 29.3 Å². The van der Waals surface area contributed by atoms with Crippen molar-refractivity contribution in [2.75, 3.05) is 32.4 Å². The molecule has 184 valence electrons. The van der Waals surface area contributed by atoms with E-state index in [1.165, 1.54) is 4.90 Å². The second-order valence-electron chi connectivity index (χ2n) is 9.59. The van der Waals surface area contributed by atoms with Crippen LogP contribution in [0.4, 0.5) is 18.4 Å². The van der Waals surface area contributed by atoms with E-state index in [-0.39, 0.29) is 30.3 Å². The molecule has 8 nitrogen and oxygen atoms in total. The van der Waals surface area contributed by atoms with Crippen LogP contribution in [0, 0.1) is 11.6 Å². The minimum Gasteiger partial charge on any atom is -0.444 e. The number of urea groups is 1. The average molecular weight is 488 g/mol. The number of hydrogen-bond acceptors (Lipinski definition) is 5. The second kappa shape index (κ2) is 9.44. The fraction of sp³-hybridized carbons (Fsp3) is 0.636. The lowest BCUT2D eigenvalue weighted by molar-refractivity contribution is 0.0141. The van der Waals surface area contributed by atoms with E-state index in [0.29, 0.717) is 45.4 Å². The number of benzene rings is 1. The third-order valence-corrected chi connectivity index (χ3v) is 6.88. The molecule has 0 radical (unpaired) electrons. The molecule has 2 fully saturated rings. The Balaban J connectivity index is 1.65. The van der Waals surface area contributed by atoms with Gasteiger partial charge in [-0.25, -0.2) is 26.8 Å². The molecule has 33 heavy (non-hydrogen) atoms. The zero-order chi connectivity index (χ0) is 24.6. The zero-order valence-corrected chi connectivity index (χ0v) is 20.3. The summed E-state index contributed by atoms with van der Waals surface area (Å²) in [5, 5.41) is 0. The topological polar surface area (TPSA) is 87.2 Å². The summed E-state index contributed by atoms with van der Waals surface area (Å²) in [6.45, 7) is 6.92. The van der Waals surface area contributed by atoms with Gasteiger partial charge in [-0.2, -0.15) is 0 Å². The predicted octanol–water partition coefficient (Wildman–Crippen LogP) is 3.40. The van der Waals surface area contributed by atoms with Gasteiger partial charge < -0.3 is 19.4 Å². The average Bonchev–Trinajstić information content (AvgIpc) is 2.70. The maximum absolute atomic E-state index is 14.5. The van der Waals surface area contributed by atoms with Crippen LogP contribution in [-0.2, 0) is 21.1 Å². The first-order valence-corrected chi connectivity index (χ1v) is 12.9. The molecule has 0 unspecified atom stereocenters. The molecule has 0 N–H and O–H groups in total. The minimum absolute atomic E-state index is 0.0821. The quantitative estimate of drug-likeness (QED) is 0.650. The molecule has 2 aliphatic rings. The number of likely N-dealkylation sites (tertiary alicyclic amines) is 1. The maximum atomic E-state index is 14.5. The number of carbonyl (C=O) groups is 2. The molecule has 2 heterocycles.